The summed E-state index contributed by atoms with van der Waals surface area (Å²) >= 11 is 0. The minimum absolute atomic E-state index is 0.139. The number of aromatic nitrogens is 2. The lowest BCUT2D eigenvalue weighted by Gasteiger charge is -2.14. The Morgan fingerprint density at radius 3 is 2.86 bits per heavy atom. The van der Waals surface area contributed by atoms with Crippen molar-refractivity contribution < 1.29 is 4.79 Å². The minimum atomic E-state index is -0.472. The van der Waals surface area contributed by atoms with Gasteiger partial charge in [-0.2, -0.15) is 5.10 Å². The van der Waals surface area contributed by atoms with Gasteiger partial charge in [-0.25, -0.2) is 0 Å². The Labute approximate surface area is 125 Å². The van der Waals surface area contributed by atoms with Gasteiger partial charge in [0, 0.05) is 18.1 Å². The van der Waals surface area contributed by atoms with Crippen molar-refractivity contribution in [3.8, 4) is 0 Å². The maximum atomic E-state index is 12.0. The number of amides is 1. The topological polar surface area (TPSA) is 72.9 Å². The van der Waals surface area contributed by atoms with Gasteiger partial charge in [0.05, 0.1) is 12.6 Å². The predicted molar refractivity (Wildman–Crippen MR) is 83.8 cm³/mol. The molecular formula is C16H22N4O. The van der Waals surface area contributed by atoms with Crippen molar-refractivity contribution in [3.63, 3.8) is 0 Å². The number of hydrogen-bond acceptors (Lipinski definition) is 3. The summed E-state index contributed by atoms with van der Waals surface area (Å²) in [6.07, 6.45) is 4.33. The minimum Gasteiger partial charge on any atom is -0.325 e. The van der Waals surface area contributed by atoms with Crippen molar-refractivity contribution in [2.24, 2.45) is 11.7 Å². The highest BCUT2D eigenvalue weighted by molar-refractivity contribution is 5.94. The fourth-order valence-electron chi connectivity index (χ4n) is 2.18. The number of anilines is 1. The number of hydrogen-bond donors (Lipinski definition) is 2. The third-order valence-corrected chi connectivity index (χ3v) is 3.16. The molecule has 2 aromatic rings. The molecule has 0 spiro atoms. The van der Waals surface area contributed by atoms with Gasteiger partial charge in [0.15, 0.2) is 0 Å². The molecule has 21 heavy (non-hydrogen) atoms. The van der Waals surface area contributed by atoms with Gasteiger partial charge in [-0.05, 0) is 36.1 Å². The number of nitrogens with two attached hydrogens (primary N) is 1. The molecule has 1 heterocycles. The van der Waals surface area contributed by atoms with E-state index in [1.807, 2.05) is 41.2 Å². The van der Waals surface area contributed by atoms with Crippen LogP contribution in [0.25, 0.3) is 0 Å². The Hall–Kier alpha value is -2.14. The zero-order valence-corrected chi connectivity index (χ0v) is 12.5. The van der Waals surface area contributed by atoms with E-state index in [0.717, 1.165) is 11.3 Å². The highest BCUT2D eigenvalue weighted by Crippen LogP contribution is 2.13. The van der Waals surface area contributed by atoms with Gasteiger partial charge >= 0.3 is 0 Å². The summed E-state index contributed by atoms with van der Waals surface area (Å²) in [5.41, 5.74) is 7.73. The van der Waals surface area contributed by atoms with Gasteiger partial charge in [0.1, 0.15) is 0 Å². The van der Waals surface area contributed by atoms with E-state index in [4.69, 9.17) is 5.73 Å². The molecule has 5 nitrogen and oxygen atoms in total. The van der Waals surface area contributed by atoms with Crippen LogP contribution in [0.5, 0.6) is 0 Å². The lowest BCUT2D eigenvalue weighted by molar-refractivity contribution is -0.117. The first-order valence-corrected chi connectivity index (χ1v) is 7.17. The molecule has 0 aliphatic carbocycles. The van der Waals surface area contributed by atoms with E-state index in [0.29, 0.717) is 18.9 Å². The fraction of sp³-hybridized carbons (Fsp3) is 0.375. The van der Waals surface area contributed by atoms with Crippen LogP contribution in [0.15, 0.2) is 42.7 Å². The van der Waals surface area contributed by atoms with E-state index in [1.54, 1.807) is 6.20 Å². The molecule has 1 amide bonds. The van der Waals surface area contributed by atoms with Crippen LogP contribution < -0.4 is 11.1 Å². The Morgan fingerprint density at radius 1 is 1.38 bits per heavy atom. The van der Waals surface area contributed by atoms with Gasteiger partial charge in [0.2, 0.25) is 5.91 Å². The average Bonchev–Trinajstić information content (AvgIpc) is 2.91. The van der Waals surface area contributed by atoms with Crippen molar-refractivity contribution in [3.05, 3.63) is 48.3 Å². The molecule has 1 aromatic heterocycles. The molecule has 1 atom stereocenters. The van der Waals surface area contributed by atoms with Crippen molar-refractivity contribution in [2.45, 2.75) is 32.9 Å². The monoisotopic (exact) mass is 286 g/mol. The lowest BCUT2D eigenvalue weighted by atomic mass is 10.0. The summed E-state index contributed by atoms with van der Waals surface area (Å²) in [6.45, 7) is 4.78. The standard InChI is InChI=1S/C16H22N4O/c1-12(2)9-15(17)16(21)19-14-6-3-5-13(10-14)11-20-8-4-7-18-20/h3-8,10,12,15H,9,11,17H2,1-2H3,(H,19,21)/t15-/m0/s1. The van der Waals surface area contributed by atoms with Crippen LogP contribution in [-0.4, -0.2) is 21.7 Å². The van der Waals surface area contributed by atoms with E-state index in [1.165, 1.54) is 0 Å². The highest BCUT2D eigenvalue weighted by atomic mass is 16.2. The van der Waals surface area contributed by atoms with Gasteiger partial charge < -0.3 is 11.1 Å². The third-order valence-electron chi connectivity index (χ3n) is 3.16. The van der Waals surface area contributed by atoms with Crippen LogP contribution in [0.3, 0.4) is 0 Å². The molecule has 1 aromatic carbocycles. The normalized spacial score (nSPS) is 12.4. The van der Waals surface area contributed by atoms with Gasteiger partial charge in [-0.15, -0.1) is 0 Å². The smallest absolute Gasteiger partial charge is 0.241 e. The van der Waals surface area contributed by atoms with E-state index >= 15 is 0 Å². The number of nitrogens with one attached hydrogen (secondary N) is 1. The summed E-state index contributed by atoms with van der Waals surface area (Å²) < 4.78 is 1.84. The summed E-state index contributed by atoms with van der Waals surface area (Å²) in [7, 11) is 0. The molecule has 0 aliphatic rings. The van der Waals surface area contributed by atoms with Crippen molar-refractivity contribution in [1.82, 2.24) is 9.78 Å². The molecule has 5 heteroatoms. The van der Waals surface area contributed by atoms with E-state index in [2.05, 4.69) is 24.3 Å². The summed E-state index contributed by atoms with van der Waals surface area (Å²) in [6, 6.07) is 9.15. The first-order valence-electron chi connectivity index (χ1n) is 7.17. The molecule has 3 N–H and O–H groups in total. The van der Waals surface area contributed by atoms with Crippen LogP contribution >= 0.6 is 0 Å². The number of carbonyl (C=O) groups excluding carboxylic acids is 1. The molecule has 0 unspecified atom stereocenters. The zero-order valence-electron chi connectivity index (χ0n) is 12.5. The third kappa shape index (κ3) is 4.72. The van der Waals surface area contributed by atoms with Gasteiger partial charge in [-0.1, -0.05) is 26.0 Å². The molecule has 0 saturated carbocycles. The number of benzene rings is 1. The first-order chi connectivity index (χ1) is 10.0. The fourth-order valence-corrected chi connectivity index (χ4v) is 2.18. The number of nitrogens with zero attached hydrogens (tertiary/aromatic N) is 2. The zero-order chi connectivity index (χ0) is 15.2. The van der Waals surface area contributed by atoms with Crippen LogP contribution in [0.4, 0.5) is 5.69 Å². The van der Waals surface area contributed by atoms with E-state index in [-0.39, 0.29) is 5.91 Å². The van der Waals surface area contributed by atoms with Crippen LogP contribution in [0.2, 0.25) is 0 Å². The molecule has 0 bridgehead atoms. The molecule has 0 fully saturated rings. The predicted octanol–water partition coefficient (Wildman–Crippen LogP) is 2.24. The highest BCUT2D eigenvalue weighted by Gasteiger charge is 2.15. The Kier molecular flexibility index (Phi) is 5.11. The van der Waals surface area contributed by atoms with Gasteiger partial charge in [-0.3, -0.25) is 9.48 Å². The summed E-state index contributed by atoms with van der Waals surface area (Å²) in [5, 5.41) is 7.05. The van der Waals surface area contributed by atoms with Crippen molar-refractivity contribution in [1.29, 1.82) is 0 Å². The molecule has 0 aliphatic heterocycles. The maximum absolute atomic E-state index is 12.0. The summed E-state index contributed by atoms with van der Waals surface area (Å²) in [4.78, 5) is 12.0. The van der Waals surface area contributed by atoms with E-state index < -0.39 is 6.04 Å². The molecular weight excluding hydrogens is 264 g/mol. The largest absolute Gasteiger partial charge is 0.325 e. The molecule has 0 radical (unpaired) electrons. The van der Waals surface area contributed by atoms with Crippen LogP contribution in [-0.2, 0) is 11.3 Å². The van der Waals surface area contributed by atoms with Crippen molar-refractivity contribution in [2.75, 3.05) is 5.32 Å². The van der Waals surface area contributed by atoms with E-state index in [9.17, 15) is 4.79 Å². The molecule has 2 rings (SSSR count). The Balaban J connectivity index is 1.99. The van der Waals surface area contributed by atoms with Gasteiger partial charge in [0.25, 0.3) is 0 Å². The van der Waals surface area contributed by atoms with Crippen LogP contribution in [0.1, 0.15) is 25.8 Å². The second-order valence-corrected chi connectivity index (χ2v) is 5.63. The number of rotatable bonds is 6. The quantitative estimate of drug-likeness (QED) is 0.855. The lowest BCUT2D eigenvalue weighted by Crippen LogP contribution is -2.36. The SMILES string of the molecule is CC(C)C[C@H](N)C(=O)Nc1cccc(Cn2cccn2)c1. The van der Waals surface area contributed by atoms with Crippen LogP contribution in [0, 0.1) is 5.92 Å². The Bertz CT molecular complexity index is 578. The Morgan fingerprint density at radius 2 is 2.19 bits per heavy atom. The average molecular weight is 286 g/mol. The van der Waals surface area contributed by atoms with Crippen molar-refractivity contribution >= 4 is 11.6 Å². The summed E-state index contributed by atoms with van der Waals surface area (Å²) in [5.74, 6) is 0.261. The maximum Gasteiger partial charge on any atom is 0.241 e. The molecule has 0 saturated heterocycles. The number of carbonyl (C=O) groups is 1. The second-order valence-electron chi connectivity index (χ2n) is 5.63. The first kappa shape index (κ1) is 15.3. The second kappa shape index (κ2) is 7.04. The molecule has 112 valence electrons.